The predicted octanol–water partition coefficient (Wildman–Crippen LogP) is 3.18. The van der Waals surface area contributed by atoms with Crippen molar-refractivity contribution in [3.05, 3.63) is 42.1 Å². The number of hydrogen-bond donors (Lipinski definition) is 3. The van der Waals surface area contributed by atoms with E-state index in [1.54, 1.807) is 21.9 Å². The van der Waals surface area contributed by atoms with E-state index in [-0.39, 0.29) is 53.9 Å². The molecule has 0 bridgehead atoms. The van der Waals surface area contributed by atoms with Gasteiger partial charge in [-0.2, -0.15) is 5.10 Å². The Morgan fingerprint density at radius 1 is 0.920 bits per heavy atom. The van der Waals surface area contributed by atoms with Crippen LogP contribution in [0.4, 0.5) is 4.79 Å². The second-order valence-electron chi connectivity index (χ2n) is 13.7. The first-order valence-corrected chi connectivity index (χ1v) is 18.1. The second-order valence-corrected chi connectivity index (χ2v) is 13.7. The van der Waals surface area contributed by atoms with Crippen molar-refractivity contribution >= 4 is 29.7 Å². The third kappa shape index (κ3) is 9.33. The number of ether oxygens (including phenoxy) is 2. The van der Waals surface area contributed by atoms with Crippen LogP contribution in [-0.2, 0) is 19.1 Å². The van der Waals surface area contributed by atoms with Gasteiger partial charge in [0.25, 0.3) is 11.8 Å². The van der Waals surface area contributed by atoms with Gasteiger partial charge in [0, 0.05) is 37.8 Å². The number of hydrogen-bond acceptors (Lipinski definition) is 8. The quantitative estimate of drug-likeness (QED) is 0.254. The number of amides is 5. The molecule has 1 aliphatic carbocycles. The Bertz CT molecular complexity index is 1480. The summed E-state index contributed by atoms with van der Waals surface area (Å²) < 4.78 is 12.6. The van der Waals surface area contributed by atoms with Crippen LogP contribution in [0.3, 0.4) is 0 Å². The fourth-order valence-corrected chi connectivity index (χ4v) is 6.43. The van der Waals surface area contributed by atoms with Crippen molar-refractivity contribution in [2.75, 3.05) is 32.8 Å². The van der Waals surface area contributed by atoms with E-state index in [4.69, 9.17) is 9.47 Å². The molecular formula is C36H51N7O7. The van der Waals surface area contributed by atoms with Crippen molar-refractivity contribution in [1.82, 2.24) is 35.5 Å². The summed E-state index contributed by atoms with van der Waals surface area (Å²) in [4.78, 5) is 68.8. The van der Waals surface area contributed by atoms with E-state index in [1.807, 2.05) is 39.0 Å². The smallest absolute Gasteiger partial charge is 0.407 e. The summed E-state index contributed by atoms with van der Waals surface area (Å²) in [7, 11) is 0. The van der Waals surface area contributed by atoms with Gasteiger partial charge < -0.3 is 35.2 Å². The van der Waals surface area contributed by atoms with E-state index in [9.17, 15) is 24.0 Å². The molecule has 14 heteroatoms. The minimum Gasteiger partial charge on any atom is -0.467 e. The molecule has 3 N–H and O–H groups in total. The molecule has 0 radical (unpaired) electrons. The van der Waals surface area contributed by atoms with Gasteiger partial charge in [0.15, 0.2) is 12.3 Å². The van der Waals surface area contributed by atoms with E-state index >= 15 is 0 Å². The fourth-order valence-electron chi connectivity index (χ4n) is 6.43. The van der Waals surface area contributed by atoms with E-state index in [1.165, 1.54) is 10.7 Å². The second kappa shape index (κ2) is 17.3. The number of para-hydroxylation sites is 1. The Balaban J connectivity index is 1.21. The van der Waals surface area contributed by atoms with Gasteiger partial charge >= 0.3 is 6.09 Å². The summed E-state index contributed by atoms with van der Waals surface area (Å²) in [6, 6.07) is 9.32. The molecule has 3 fully saturated rings. The number of nitrogens with zero attached hydrogens (tertiary/aromatic N) is 4. The van der Waals surface area contributed by atoms with Gasteiger partial charge in [-0.05, 0) is 69.4 Å². The molecule has 50 heavy (non-hydrogen) atoms. The zero-order chi connectivity index (χ0) is 35.6. The minimum atomic E-state index is -0.808. The molecule has 0 spiro atoms. The maximum Gasteiger partial charge on any atom is 0.407 e. The first kappa shape index (κ1) is 36.7. The minimum absolute atomic E-state index is 0.0261. The molecule has 2 atom stereocenters. The van der Waals surface area contributed by atoms with Crippen LogP contribution in [0.15, 0.2) is 36.4 Å². The molecule has 5 rings (SSSR count). The van der Waals surface area contributed by atoms with Crippen LogP contribution in [-0.4, -0.2) is 106 Å². The van der Waals surface area contributed by atoms with Gasteiger partial charge in [-0.1, -0.05) is 45.4 Å². The van der Waals surface area contributed by atoms with Crippen molar-refractivity contribution in [2.24, 2.45) is 5.92 Å². The normalized spacial score (nSPS) is 18.7. The van der Waals surface area contributed by atoms with Crippen LogP contribution in [0.25, 0.3) is 5.69 Å². The van der Waals surface area contributed by atoms with E-state index in [2.05, 4.69) is 21.0 Å². The van der Waals surface area contributed by atoms with Gasteiger partial charge in [0.1, 0.15) is 12.1 Å². The lowest BCUT2D eigenvalue weighted by Gasteiger charge is -2.35. The summed E-state index contributed by atoms with van der Waals surface area (Å²) in [5, 5.41) is 13.3. The van der Waals surface area contributed by atoms with Gasteiger partial charge in [0.05, 0.1) is 12.3 Å². The largest absolute Gasteiger partial charge is 0.467 e. The number of alkyl carbamates (subject to hydrolysis) is 1. The SMILES string of the molecule is CCCCOC(=O)NC1CCN(C(=O)[C@@H](NC(=O)c2cc(OCC(=O)N3CCC[C@H]3C(=O)NC3CCC3)n(-c3ccccc3)n2)C(C)C)CC1. The number of benzene rings is 1. The number of piperidine rings is 1. The van der Waals surface area contributed by atoms with Gasteiger partial charge in [-0.15, -0.1) is 0 Å². The van der Waals surface area contributed by atoms with Crippen LogP contribution >= 0.6 is 0 Å². The predicted molar refractivity (Wildman–Crippen MR) is 185 cm³/mol. The summed E-state index contributed by atoms with van der Waals surface area (Å²) in [5.41, 5.74) is 0.647. The highest BCUT2D eigenvalue weighted by molar-refractivity contribution is 5.96. The number of unbranched alkanes of at least 4 members (excludes halogenated alkanes) is 1. The van der Waals surface area contributed by atoms with Crippen LogP contribution in [0, 0.1) is 5.92 Å². The molecule has 3 heterocycles. The molecule has 3 aliphatic rings. The Hall–Kier alpha value is -4.62. The Morgan fingerprint density at radius 3 is 2.30 bits per heavy atom. The van der Waals surface area contributed by atoms with Crippen LogP contribution in [0.5, 0.6) is 5.88 Å². The Kier molecular flexibility index (Phi) is 12.7. The number of rotatable bonds is 14. The topological polar surface area (TPSA) is 164 Å². The highest BCUT2D eigenvalue weighted by Crippen LogP contribution is 2.24. The molecule has 1 saturated carbocycles. The number of nitrogens with one attached hydrogen (secondary N) is 3. The molecule has 0 unspecified atom stereocenters. The molecule has 2 aliphatic heterocycles. The monoisotopic (exact) mass is 693 g/mol. The number of aromatic nitrogens is 2. The number of carbonyl (C=O) groups is 5. The van der Waals surface area contributed by atoms with Crippen molar-refractivity contribution < 1.29 is 33.4 Å². The number of likely N-dealkylation sites (tertiary alicyclic amines) is 2. The van der Waals surface area contributed by atoms with Crippen LogP contribution in [0.2, 0.25) is 0 Å². The highest BCUT2D eigenvalue weighted by atomic mass is 16.5. The molecule has 272 valence electrons. The van der Waals surface area contributed by atoms with Gasteiger partial charge in [-0.3, -0.25) is 19.2 Å². The average Bonchev–Trinajstić information content (AvgIpc) is 3.76. The average molecular weight is 694 g/mol. The lowest BCUT2D eigenvalue weighted by molar-refractivity contribution is -0.140. The lowest BCUT2D eigenvalue weighted by Crippen LogP contribution is -2.54. The van der Waals surface area contributed by atoms with E-state index in [0.29, 0.717) is 51.2 Å². The molecule has 1 aromatic heterocycles. The van der Waals surface area contributed by atoms with Crippen molar-refractivity contribution in [3.63, 3.8) is 0 Å². The maximum atomic E-state index is 13.6. The Morgan fingerprint density at radius 2 is 1.64 bits per heavy atom. The summed E-state index contributed by atoms with van der Waals surface area (Å²) in [5.74, 6) is -1.23. The third-order valence-electron chi connectivity index (χ3n) is 9.66. The molecule has 2 saturated heterocycles. The van der Waals surface area contributed by atoms with Crippen molar-refractivity contribution in [3.8, 4) is 11.6 Å². The lowest BCUT2D eigenvalue weighted by atomic mass is 9.93. The van der Waals surface area contributed by atoms with Gasteiger partial charge in [-0.25, -0.2) is 9.48 Å². The molecule has 5 amide bonds. The zero-order valence-electron chi connectivity index (χ0n) is 29.4. The van der Waals surface area contributed by atoms with Crippen LogP contribution < -0.4 is 20.7 Å². The maximum absolute atomic E-state index is 13.6. The zero-order valence-corrected chi connectivity index (χ0v) is 29.4. The summed E-state index contributed by atoms with van der Waals surface area (Å²) in [6.07, 6.45) is 6.85. The number of carbonyl (C=O) groups excluding carboxylic acids is 5. The van der Waals surface area contributed by atoms with Gasteiger partial charge in [0.2, 0.25) is 17.7 Å². The third-order valence-corrected chi connectivity index (χ3v) is 9.66. The Labute approximate surface area is 293 Å². The first-order valence-electron chi connectivity index (χ1n) is 18.1. The fraction of sp³-hybridized carbons (Fsp3) is 0.611. The summed E-state index contributed by atoms with van der Waals surface area (Å²) >= 11 is 0. The molecule has 2 aromatic rings. The van der Waals surface area contributed by atoms with E-state index < -0.39 is 24.1 Å². The van der Waals surface area contributed by atoms with Crippen LogP contribution in [0.1, 0.15) is 89.0 Å². The molecule has 14 nitrogen and oxygen atoms in total. The molecule has 1 aromatic carbocycles. The summed E-state index contributed by atoms with van der Waals surface area (Å²) in [6.45, 7) is 7.15. The van der Waals surface area contributed by atoms with E-state index in [0.717, 1.165) is 38.5 Å². The van der Waals surface area contributed by atoms with Crippen molar-refractivity contribution in [1.29, 1.82) is 0 Å². The molecular weight excluding hydrogens is 642 g/mol. The standard InChI is InChI=1S/C36H51N7O7/c1-4-5-21-49-36(48)38-26-16-19-41(20-17-26)35(47)32(24(2)3)39-33(45)28-22-31(43(40-28)27-13-7-6-8-14-27)50-23-30(44)42-18-10-15-29(42)34(46)37-25-11-9-12-25/h6-8,13-14,22,24-26,29,32H,4-5,9-12,15-21,23H2,1-3H3,(H,37,46)(H,38,48)(H,39,45)/t29-,32-/m0/s1. The van der Waals surface area contributed by atoms with Crippen molar-refractivity contribution in [2.45, 2.75) is 103 Å². The first-order chi connectivity index (χ1) is 24.1. The highest BCUT2D eigenvalue weighted by Gasteiger charge is 2.36.